The molecule has 0 aromatic rings. The van der Waals surface area contributed by atoms with Gasteiger partial charge in [-0.05, 0) is 25.3 Å². The largest absolute Gasteiger partial charge is 0.359 e. The van der Waals surface area contributed by atoms with E-state index in [1.54, 1.807) is 0 Å². The summed E-state index contributed by atoms with van der Waals surface area (Å²) in [4.78, 5) is 6.76. The van der Waals surface area contributed by atoms with Gasteiger partial charge in [0.2, 0.25) is 0 Å². The van der Waals surface area contributed by atoms with Gasteiger partial charge in [0.1, 0.15) is 5.84 Å². The lowest BCUT2D eigenvalue weighted by Gasteiger charge is -2.23. The Kier molecular flexibility index (Phi) is 2.01. The standard InChI is InChI=1S/C10H14N2/c1-12-8-3-2-5-9-6-4-7-11-10(9)12/h2H,3-4,6-8H2,1H3. The average Bonchev–Trinajstić information content (AvgIpc) is 2.29. The molecule has 2 nitrogen and oxygen atoms in total. The predicted octanol–water partition coefficient (Wildman–Crippen LogP) is 1.60. The van der Waals surface area contributed by atoms with E-state index in [9.17, 15) is 0 Å². The van der Waals surface area contributed by atoms with Crippen LogP contribution in [0.5, 0.6) is 0 Å². The highest BCUT2D eigenvalue weighted by Crippen LogP contribution is 2.16. The van der Waals surface area contributed by atoms with Crippen LogP contribution in [0.4, 0.5) is 0 Å². The fraction of sp³-hybridized carbons (Fsp3) is 0.600. The lowest BCUT2D eigenvalue weighted by molar-refractivity contribution is 0.506. The second-order valence-corrected chi connectivity index (χ2v) is 3.35. The maximum absolute atomic E-state index is 4.52. The summed E-state index contributed by atoms with van der Waals surface area (Å²) in [5, 5.41) is 0. The fourth-order valence-corrected chi connectivity index (χ4v) is 1.70. The SMILES string of the molecule is CN1CCC=C=C2CCCN=C21. The Labute approximate surface area is 73.3 Å². The van der Waals surface area contributed by atoms with Gasteiger partial charge in [0.15, 0.2) is 0 Å². The molecule has 0 saturated heterocycles. The van der Waals surface area contributed by atoms with Gasteiger partial charge in [-0.3, -0.25) is 4.99 Å². The van der Waals surface area contributed by atoms with Crippen LogP contribution < -0.4 is 0 Å². The number of fused-ring (bicyclic) bond motifs is 1. The molecule has 0 unspecified atom stereocenters. The molecule has 0 aliphatic carbocycles. The van der Waals surface area contributed by atoms with Gasteiger partial charge in [-0.1, -0.05) is 0 Å². The van der Waals surface area contributed by atoms with Gasteiger partial charge in [0, 0.05) is 25.7 Å². The molecule has 2 heteroatoms. The number of hydrogen-bond acceptors (Lipinski definition) is 2. The van der Waals surface area contributed by atoms with Crippen LogP contribution in [0.25, 0.3) is 0 Å². The lowest BCUT2D eigenvalue weighted by Crippen LogP contribution is -2.30. The summed E-state index contributed by atoms with van der Waals surface area (Å²) in [7, 11) is 2.12. The Balaban J connectivity index is 2.36. The number of nitrogens with zero attached hydrogens (tertiary/aromatic N) is 2. The topological polar surface area (TPSA) is 15.6 Å². The van der Waals surface area contributed by atoms with Crippen molar-refractivity contribution in [3.8, 4) is 0 Å². The van der Waals surface area contributed by atoms with Gasteiger partial charge in [0.25, 0.3) is 0 Å². The average molecular weight is 162 g/mol. The van der Waals surface area contributed by atoms with Gasteiger partial charge in [0.05, 0.1) is 0 Å². The minimum absolute atomic E-state index is 0.991. The van der Waals surface area contributed by atoms with Crippen molar-refractivity contribution < 1.29 is 0 Å². The minimum Gasteiger partial charge on any atom is -0.359 e. The molecule has 0 saturated carbocycles. The number of amidine groups is 1. The minimum atomic E-state index is 0.991. The number of rotatable bonds is 0. The molecule has 2 heterocycles. The molecule has 2 rings (SSSR count). The van der Waals surface area contributed by atoms with Crippen LogP contribution in [-0.4, -0.2) is 30.9 Å². The molecule has 0 spiro atoms. The van der Waals surface area contributed by atoms with E-state index in [4.69, 9.17) is 0 Å². The van der Waals surface area contributed by atoms with E-state index < -0.39 is 0 Å². The monoisotopic (exact) mass is 162 g/mol. The van der Waals surface area contributed by atoms with Gasteiger partial charge < -0.3 is 4.90 Å². The summed E-state index contributed by atoms with van der Waals surface area (Å²) in [6.07, 6.45) is 5.58. The quantitative estimate of drug-likeness (QED) is 0.494. The summed E-state index contributed by atoms with van der Waals surface area (Å²) in [5.41, 5.74) is 4.64. The highest BCUT2D eigenvalue weighted by Gasteiger charge is 2.16. The molecule has 0 N–H and O–H groups in total. The van der Waals surface area contributed by atoms with Crippen LogP contribution in [0.15, 0.2) is 22.4 Å². The summed E-state index contributed by atoms with van der Waals surface area (Å²) < 4.78 is 0. The van der Waals surface area contributed by atoms with E-state index in [1.165, 1.54) is 17.8 Å². The second kappa shape index (κ2) is 3.16. The zero-order chi connectivity index (χ0) is 8.39. The number of aliphatic imine (C=N–C) groups is 1. The summed E-state index contributed by atoms with van der Waals surface area (Å²) in [6.45, 7) is 2.07. The summed E-state index contributed by atoms with van der Waals surface area (Å²) in [6, 6.07) is 0. The maximum atomic E-state index is 4.52. The Bertz CT molecular complexity index is 270. The normalized spacial score (nSPS) is 22.6. The highest BCUT2D eigenvalue weighted by molar-refractivity contribution is 5.98. The molecule has 0 bridgehead atoms. The smallest absolute Gasteiger partial charge is 0.134 e. The lowest BCUT2D eigenvalue weighted by atomic mass is 10.1. The first-order valence-electron chi connectivity index (χ1n) is 4.58. The van der Waals surface area contributed by atoms with Crippen molar-refractivity contribution in [1.82, 2.24) is 4.90 Å². The van der Waals surface area contributed by atoms with Gasteiger partial charge in [-0.25, -0.2) is 0 Å². The Morgan fingerprint density at radius 2 is 2.50 bits per heavy atom. The molecule has 2 aliphatic heterocycles. The van der Waals surface area contributed by atoms with Crippen LogP contribution in [0.2, 0.25) is 0 Å². The van der Waals surface area contributed by atoms with Crippen molar-refractivity contribution in [3.05, 3.63) is 17.4 Å². The zero-order valence-electron chi connectivity index (χ0n) is 7.51. The molecule has 12 heavy (non-hydrogen) atoms. The highest BCUT2D eigenvalue weighted by atomic mass is 15.2. The van der Waals surface area contributed by atoms with Crippen LogP contribution in [-0.2, 0) is 0 Å². The van der Waals surface area contributed by atoms with Crippen LogP contribution in [0.1, 0.15) is 19.3 Å². The van der Waals surface area contributed by atoms with Crippen molar-refractivity contribution >= 4 is 5.84 Å². The zero-order valence-corrected chi connectivity index (χ0v) is 7.51. The van der Waals surface area contributed by atoms with E-state index in [2.05, 4.69) is 28.7 Å². The number of hydrogen-bond donors (Lipinski definition) is 0. The van der Waals surface area contributed by atoms with Gasteiger partial charge in [-0.15, -0.1) is 5.73 Å². The maximum Gasteiger partial charge on any atom is 0.134 e. The first-order valence-corrected chi connectivity index (χ1v) is 4.58. The molecule has 0 radical (unpaired) electrons. The third-order valence-electron chi connectivity index (χ3n) is 2.36. The van der Waals surface area contributed by atoms with Crippen molar-refractivity contribution in [2.24, 2.45) is 4.99 Å². The van der Waals surface area contributed by atoms with Gasteiger partial charge in [-0.2, -0.15) is 0 Å². The van der Waals surface area contributed by atoms with Crippen LogP contribution >= 0.6 is 0 Å². The van der Waals surface area contributed by atoms with Crippen molar-refractivity contribution in [2.75, 3.05) is 20.1 Å². The van der Waals surface area contributed by atoms with Crippen LogP contribution in [0.3, 0.4) is 0 Å². The van der Waals surface area contributed by atoms with E-state index in [0.717, 1.165) is 25.9 Å². The molecule has 64 valence electrons. The van der Waals surface area contributed by atoms with Crippen molar-refractivity contribution in [3.63, 3.8) is 0 Å². The third kappa shape index (κ3) is 1.30. The molecular formula is C10H14N2. The molecule has 2 aliphatic rings. The fourth-order valence-electron chi connectivity index (χ4n) is 1.70. The molecule has 0 atom stereocenters. The first kappa shape index (κ1) is 7.63. The third-order valence-corrected chi connectivity index (χ3v) is 2.36. The number of likely N-dealkylation sites (N-methyl/N-ethyl adjacent to an activating group) is 1. The summed E-state index contributed by atoms with van der Waals surface area (Å²) >= 11 is 0. The molecule has 0 amide bonds. The van der Waals surface area contributed by atoms with Gasteiger partial charge >= 0.3 is 0 Å². The van der Waals surface area contributed by atoms with Crippen molar-refractivity contribution in [1.29, 1.82) is 0 Å². The molecule has 0 fully saturated rings. The molecule has 0 aromatic carbocycles. The van der Waals surface area contributed by atoms with E-state index >= 15 is 0 Å². The van der Waals surface area contributed by atoms with E-state index in [-0.39, 0.29) is 0 Å². The first-order chi connectivity index (χ1) is 5.88. The Morgan fingerprint density at radius 3 is 3.42 bits per heavy atom. The Hall–Kier alpha value is -1.01. The van der Waals surface area contributed by atoms with E-state index in [1.807, 2.05) is 0 Å². The second-order valence-electron chi connectivity index (χ2n) is 3.35. The van der Waals surface area contributed by atoms with Crippen molar-refractivity contribution in [2.45, 2.75) is 19.3 Å². The summed E-state index contributed by atoms with van der Waals surface area (Å²) in [5.74, 6) is 1.18. The predicted molar refractivity (Wildman–Crippen MR) is 50.4 cm³/mol. The molecule has 0 aromatic heterocycles. The van der Waals surface area contributed by atoms with E-state index in [0.29, 0.717) is 0 Å². The molecular weight excluding hydrogens is 148 g/mol. The van der Waals surface area contributed by atoms with Crippen LogP contribution in [0, 0.1) is 0 Å². The Morgan fingerprint density at radius 1 is 1.58 bits per heavy atom.